The van der Waals surface area contributed by atoms with Crippen LogP contribution in [0.5, 0.6) is 5.88 Å². The summed E-state index contributed by atoms with van der Waals surface area (Å²) in [5.41, 5.74) is 0.903. The molecule has 0 spiro atoms. The maximum absolute atomic E-state index is 5.49. The Balaban J connectivity index is 2.50. The molecule has 0 aliphatic carbocycles. The molecule has 5 nitrogen and oxygen atoms in total. The molecule has 0 aliphatic heterocycles. The lowest BCUT2D eigenvalue weighted by Gasteiger charge is -2.08. The molecule has 1 heterocycles. The van der Waals surface area contributed by atoms with Crippen LogP contribution in [0.3, 0.4) is 0 Å². The molecule has 0 atom stereocenters. The van der Waals surface area contributed by atoms with E-state index in [-0.39, 0.29) is 0 Å². The summed E-state index contributed by atoms with van der Waals surface area (Å²) < 4.78 is 10.5. The topological polar surface area (TPSA) is 56.3 Å². The summed E-state index contributed by atoms with van der Waals surface area (Å²) in [5, 5.41) is 3.15. The molecule has 1 aromatic rings. The summed E-state index contributed by atoms with van der Waals surface area (Å²) in [6, 6.07) is 1.84. The molecule has 0 bridgehead atoms. The Hall–Kier alpha value is -1.36. The second-order valence-electron chi connectivity index (χ2n) is 3.79. The van der Waals surface area contributed by atoms with Crippen molar-refractivity contribution in [3.05, 3.63) is 11.8 Å². The monoisotopic (exact) mass is 239 g/mol. The van der Waals surface area contributed by atoms with E-state index in [1.54, 1.807) is 7.11 Å². The Morgan fingerprint density at radius 2 is 2.12 bits per heavy atom. The van der Waals surface area contributed by atoms with Gasteiger partial charge in [-0.15, -0.1) is 0 Å². The fourth-order valence-electron chi connectivity index (χ4n) is 1.32. The van der Waals surface area contributed by atoms with Crippen LogP contribution in [0.15, 0.2) is 6.07 Å². The van der Waals surface area contributed by atoms with E-state index in [0.717, 1.165) is 31.7 Å². The van der Waals surface area contributed by atoms with Crippen LogP contribution >= 0.6 is 0 Å². The highest BCUT2D eigenvalue weighted by Crippen LogP contribution is 2.12. The van der Waals surface area contributed by atoms with E-state index < -0.39 is 0 Å². The van der Waals surface area contributed by atoms with E-state index in [1.807, 2.05) is 13.0 Å². The van der Waals surface area contributed by atoms with Gasteiger partial charge in [0.05, 0.1) is 6.61 Å². The normalized spacial score (nSPS) is 10.3. The van der Waals surface area contributed by atoms with Crippen molar-refractivity contribution in [2.24, 2.45) is 0 Å². The number of nitrogens with one attached hydrogen (secondary N) is 1. The average molecular weight is 239 g/mol. The van der Waals surface area contributed by atoms with Crippen LogP contribution in [0.25, 0.3) is 0 Å². The molecule has 0 aromatic carbocycles. The Labute approximate surface area is 103 Å². The van der Waals surface area contributed by atoms with Crippen molar-refractivity contribution in [1.82, 2.24) is 9.97 Å². The van der Waals surface area contributed by atoms with Gasteiger partial charge in [0.2, 0.25) is 11.8 Å². The lowest BCUT2D eigenvalue weighted by atomic mass is 10.4. The van der Waals surface area contributed by atoms with Gasteiger partial charge in [-0.1, -0.05) is 6.92 Å². The summed E-state index contributed by atoms with van der Waals surface area (Å²) in [6.45, 7) is 6.21. The third kappa shape index (κ3) is 5.49. The predicted octanol–water partition coefficient (Wildman–Crippen LogP) is 2.02. The first-order chi connectivity index (χ1) is 8.26. The smallest absolute Gasteiger partial charge is 0.226 e. The predicted molar refractivity (Wildman–Crippen MR) is 67.5 cm³/mol. The number of anilines is 1. The lowest BCUT2D eigenvalue weighted by molar-refractivity contribution is 0.197. The highest BCUT2D eigenvalue weighted by Gasteiger charge is 2.02. The van der Waals surface area contributed by atoms with E-state index in [1.165, 1.54) is 0 Å². The molecule has 1 aromatic heterocycles. The number of aryl methyl sites for hydroxylation is 1. The van der Waals surface area contributed by atoms with Gasteiger partial charge in [0.1, 0.15) is 0 Å². The third-order valence-electron chi connectivity index (χ3n) is 2.09. The van der Waals surface area contributed by atoms with E-state index >= 15 is 0 Å². The summed E-state index contributed by atoms with van der Waals surface area (Å²) in [6.07, 6.45) is 1.90. The molecule has 1 N–H and O–H groups in total. The average Bonchev–Trinajstić information content (AvgIpc) is 2.31. The molecule has 0 unspecified atom stereocenters. The summed E-state index contributed by atoms with van der Waals surface area (Å²) in [4.78, 5) is 8.58. The zero-order valence-electron chi connectivity index (χ0n) is 10.8. The van der Waals surface area contributed by atoms with E-state index in [9.17, 15) is 0 Å². The molecule has 96 valence electrons. The zero-order chi connectivity index (χ0) is 12.5. The molecular weight excluding hydrogens is 218 g/mol. The molecule has 5 heteroatoms. The van der Waals surface area contributed by atoms with Crippen LogP contribution in [0.4, 0.5) is 5.95 Å². The van der Waals surface area contributed by atoms with Gasteiger partial charge in [0.15, 0.2) is 0 Å². The maximum atomic E-state index is 5.49. The zero-order valence-corrected chi connectivity index (χ0v) is 10.8. The minimum absolute atomic E-state index is 0.618. The Bertz CT molecular complexity index is 332. The van der Waals surface area contributed by atoms with E-state index in [0.29, 0.717) is 18.4 Å². The Kier molecular flexibility index (Phi) is 6.32. The Morgan fingerprint density at radius 3 is 2.82 bits per heavy atom. The highest BCUT2D eigenvalue weighted by molar-refractivity contribution is 5.30. The van der Waals surface area contributed by atoms with Gasteiger partial charge in [-0.25, -0.2) is 4.98 Å². The van der Waals surface area contributed by atoms with Gasteiger partial charge < -0.3 is 14.8 Å². The van der Waals surface area contributed by atoms with Crippen molar-refractivity contribution in [2.45, 2.75) is 26.7 Å². The first kappa shape index (κ1) is 13.7. The fraction of sp³-hybridized carbons (Fsp3) is 0.667. The number of rotatable bonds is 8. The van der Waals surface area contributed by atoms with Gasteiger partial charge in [0.25, 0.3) is 0 Å². The maximum Gasteiger partial charge on any atom is 0.226 e. The van der Waals surface area contributed by atoms with Crippen LogP contribution in [0.1, 0.15) is 25.5 Å². The molecule has 0 saturated heterocycles. The standard InChI is InChI=1S/C12H21N3O2/c1-4-7-17-11-9-10(2)14-12(15-11)13-6-5-8-16-3/h9H,4-8H2,1-3H3,(H,13,14,15). The molecule has 0 amide bonds. The van der Waals surface area contributed by atoms with Crippen LogP contribution in [-0.2, 0) is 4.74 Å². The Morgan fingerprint density at radius 1 is 1.29 bits per heavy atom. The molecule has 1 rings (SSSR count). The van der Waals surface area contributed by atoms with Crippen LogP contribution in [0, 0.1) is 6.92 Å². The summed E-state index contributed by atoms with van der Waals surface area (Å²) in [7, 11) is 1.69. The first-order valence-corrected chi connectivity index (χ1v) is 5.97. The number of aromatic nitrogens is 2. The number of methoxy groups -OCH3 is 1. The second kappa shape index (κ2) is 7.84. The van der Waals surface area contributed by atoms with Crippen molar-refractivity contribution in [3.8, 4) is 5.88 Å². The number of hydrogen-bond donors (Lipinski definition) is 1. The summed E-state index contributed by atoms with van der Waals surface area (Å²) >= 11 is 0. The molecular formula is C12H21N3O2. The van der Waals surface area contributed by atoms with Crippen LogP contribution in [0.2, 0.25) is 0 Å². The molecule has 0 radical (unpaired) electrons. The van der Waals surface area contributed by atoms with Gasteiger partial charge >= 0.3 is 0 Å². The van der Waals surface area contributed by atoms with Crippen molar-refractivity contribution in [2.75, 3.05) is 32.2 Å². The van der Waals surface area contributed by atoms with Gasteiger partial charge in [0, 0.05) is 32.0 Å². The van der Waals surface area contributed by atoms with Crippen LogP contribution in [-0.4, -0.2) is 36.8 Å². The first-order valence-electron chi connectivity index (χ1n) is 5.97. The molecule has 0 aliphatic rings. The van der Waals surface area contributed by atoms with Crippen molar-refractivity contribution < 1.29 is 9.47 Å². The van der Waals surface area contributed by atoms with Crippen molar-refractivity contribution in [1.29, 1.82) is 0 Å². The fourth-order valence-corrected chi connectivity index (χ4v) is 1.32. The lowest BCUT2D eigenvalue weighted by Crippen LogP contribution is -2.09. The van der Waals surface area contributed by atoms with Crippen molar-refractivity contribution >= 4 is 5.95 Å². The van der Waals surface area contributed by atoms with E-state index in [4.69, 9.17) is 9.47 Å². The number of nitrogens with zero attached hydrogens (tertiary/aromatic N) is 2. The highest BCUT2D eigenvalue weighted by atomic mass is 16.5. The largest absolute Gasteiger partial charge is 0.478 e. The summed E-state index contributed by atoms with van der Waals surface area (Å²) in [5.74, 6) is 1.25. The molecule has 0 fully saturated rings. The third-order valence-corrected chi connectivity index (χ3v) is 2.09. The van der Waals surface area contributed by atoms with Gasteiger partial charge in [-0.05, 0) is 19.8 Å². The minimum atomic E-state index is 0.618. The molecule has 0 saturated carbocycles. The second-order valence-corrected chi connectivity index (χ2v) is 3.79. The van der Waals surface area contributed by atoms with Crippen LogP contribution < -0.4 is 10.1 Å². The minimum Gasteiger partial charge on any atom is -0.478 e. The van der Waals surface area contributed by atoms with Crippen molar-refractivity contribution in [3.63, 3.8) is 0 Å². The SMILES string of the molecule is CCCOc1cc(C)nc(NCCCOC)n1. The van der Waals surface area contributed by atoms with Gasteiger partial charge in [-0.2, -0.15) is 4.98 Å². The molecule has 17 heavy (non-hydrogen) atoms. The van der Waals surface area contributed by atoms with E-state index in [2.05, 4.69) is 22.2 Å². The van der Waals surface area contributed by atoms with Gasteiger partial charge in [-0.3, -0.25) is 0 Å². The number of ether oxygens (including phenoxy) is 2. The quantitative estimate of drug-likeness (QED) is 0.703. The number of hydrogen-bond acceptors (Lipinski definition) is 5.